The van der Waals surface area contributed by atoms with Crippen LogP contribution in [0.3, 0.4) is 0 Å². The molecule has 0 saturated heterocycles. The van der Waals surface area contributed by atoms with Gasteiger partial charge in [-0.25, -0.2) is 9.18 Å². The van der Waals surface area contributed by atoms with E-state index in [2.05, 4.69) is 9.84 Å². The summed E-state index contributed by atoms with van der Waals surface area (Å²) in [6, 6.07) is 4.85. The second-order valence-corrected chi connectivity index (χ2v) is 4.90. The minimum Gasteiger partial charge on any atom is -0.462 e. The monoisotopic (exact) mass is 346 g/mol. The fourth-order valence-electron chi connectivity index (χ4n) is 2.05. The topological polar surface area (TPSA) is 64.3 Å². The van der Waals surface area contributed by atoms with Crippen LogP contribution in [0.15, 0.2) is 30.5 Å². The third-order valence-electron chi connectivity index (χ3n) is 3.14. The van der Waals surface area contributed by atoms with Crippen molar-refractivity contribution >= 4 is 5.97 Å². The van der Waals surface area contributed by atoms with Gasteiger partial charge in [-0.1, -0.05) is 12.1 Å². The first-order valence-electron chi connectivity index (χ1n) is 6.97. The molecule has 0 bridgehead atoms. The fraction of sp³-hybridized carbons (Fsp3) is 0.333. The molecule has 1 heterocycles. The Balaban J connectivity index is 2.27. The van der Waals surface area contributed by atoms with Crippen molar-refractivity contribution in [2.24, 2.45) is 0 Å². The Hall–Kier alpha value is -2.42. The van der Waals surface area contributed by atoms with E-state index in [0.717, 1.165) is 23.0 Å². The average Bonchev–Trinajstić information content (AvgIpc) is 2.92. The summed E-state index contributed by atoms with van der Waals surface area (Å²) in [5, 5.41) is 13.4. The zero-order valence-corrected chi connectivity index (χ0v) is 12.5. The van der Waals surface area contributed by atoms with Gasteiger partial charge in [-0.15, -0.1) is 0 Å². The van der Waals surface area contributed by atoms with Crippen molar-refractivity contribution in [2.45, 2.75) is 25.7 Å². The number of halogens is 4. The van der Waals surface area contributed by atoms with Crippen LogP contribution in [-0.2, 0) is 17.5 Å². The van der Waals surface area contributed by atoms with E-state index in [4.69, 9.17) is 0 Å². The lowest BCUT2D eigenvalue weighted by Gasteiger charge is -2.11. The number of rotatable bonds is 5. The minimum absolute atomic E-state index is 0.0838. The van der Waals surface area contributed by atoms with Crippen LogP contribution in [0.2, 0.25) is 0 Å². The number of aromatic nitrogens is 2. The number of benzene rings is 1. The molecule has 24 heavy (non-hydrogen) atoms. The van der Waals surface area contributed by atoms with Crippen LogP contribution >= 0.6 is 0 Å². The van der Waals surface area contributed by atoms with Crippen molar-refractivity contribution in [3.63, 3.8) is 0 Å². The van der Waals surface area contributed by atoms with Crippen LogP contribution in [0.5, 0.6) is 0 Å². The predicted molar refractivity (Wildman–Crippen MR) is 74.5 cm³/mol. The summed E-state index contributed by atoms with van der Waals surface area (Å²) < 4.78 is 57.2. The molecule has 2 rings (SSSR count). The SMILES string of the molecule is CCOC(=O)c1cn(CC(O)c2ccc(F)cc2)nc1C(F)(F)F. The van der Waals surface area contributed by atoms with Gasteiger partial charge in [0.25, 0.3) is 0 Å². The third kappa shape index (κ3) is 4.10. The Labute approximate surface area is 134 Å². The molecular formula is C15H14F4N2O3. The average molecular weight is 346 g/mol. The number of hydrogen-bond donors (Lipinski definition) is 1. The number of carbonyl (C=O) groups excluding carboxylic acids is 1. The molecule has 0 spiro atoms. The maximum Gasteiger partial charge on any atom is 0.436 e. The highest BCUT2D eigenvalue weighted by Gasteiger charge is 2.39. The van der Waals surface area contributed by atoms with E-state index in [0.29, 0.717) is 5.56 Å². The number of aliphatic hydroxyl groups excluding tert-OH is 1. The zero-order chi connectivity index (χ0) is 17.9. The zero-order valence-electron chi connectivity index (χ0n) is 12.5. The van der Waals surface area contributed by atoms with Gasteiger partial charge in [0.05, 0.1) is 19.3 Å². The Bertz CT molecular complexity index is 710. The molecule has 0 aliphatic rings. The van der Waals surface area contributed by atoms with Gasteiger partial charge in [0.2, 0.25) is 0 Å². The first-order chi connectivity index (χ1) is 11.2. The molecule has 0 aliphatic carbocycles. The molecule has 0 fully saturated rings. The number of nitrogens with zero attached hydrogens (tertiary/aromatic N) is 2. The highest BCUT2D eigenvalue weighted by Crippen LogP contribution is 2.31. The summed E-state index contributed by atoms with van der Waals surface area (Å²) >= 11 is 0. The van der Waals surface area contributed by atoms with Gasteiger partial charge in [0.15, 0.2) is 5.69 Å². The van der Waals surface area contributed by atoms with Crippen molar-refractivity contribution in [3.8, 4) is 0 Å². The van der Waals surface area contributed by atoms with E-state index in [-0.39, 0.29) is 13.2 Å². The Kier molecular flexibility index (Phi) is 5.23. The molecule has 0 saturated carbocycles. The molecule has 2 aromatic rings. The van der Waals surface area contributed by atoms with Gasteiger partial charge in [-0.2, -0.15) is 18.3 Å². The highest BCUT2D eigenvalue weighted by molar-refractivity contribution is 5.90. The second kappa shape index (κ2) is 7.00. The number of alkyl halides is 3. The van der Waals surface area contributed by atoms with E-state index < -0.39 is 35.3 Å². The van der Waals surface area contributed by atoms with Gasteiger partial charge >= 0.3 is 12.1 Å². The largest absolute Gasteiger partial charge is 0.462 e. The second-order valence-electron chi connectivity index (χ2n) is 4.90. The summed E-state index contributed by atoms with van der Waals surface area (Å²) in [5.74, 6) is -1.65. The third-order valence-corrected chi connectivity index (χ3v) is 3.14. The smallest absolute Gasteiger partial charge is 0.436 e. The Morgan fingerprint density at radius 2 is 1.96 bits per heavy atom. The summed E-state index contributed by atoms with van der Waals surface area (Å²) in [7, 11) is 0. The van der Waals surface area contributed by atoms with Gasteiger partial charge in [0, 0.05) is 6.20 Å². The molecule has 130 valence electrons. The van der Waals surface area contributed by atoms with Crippen molar-refractivity contribution in [1.29, 1.82) is 0 Å². The van der Waals surface area contributed by atoms with Crippen LogP contribution in [0.4, 0.5) is 17.6 Å². The first kappa shape index (κ1) is 17.9. The molecule has 1 unspecified atom stereocenters. The number of aliphatic hydroxyl groups is 1. The normalized spacial score (nSPS) is 12.9. The van der Waals surface area contributed by atoms with Crippen LogP contribution in [0, 0.1) is 5.82 Å². The van der Waals surface area contributed by atoms with Crippen molar-refractivity contribution in [1.82, 2.24) is 9.78 Å². The molecule has 1 aromatic carbocycles. The number of carbonyl (C=O) groups is 1. The lowest BCUT2D eigenvalue weighted by molar-refractivity contribution is -0.142. The van der Waals surface area contributed by atoms with Gasteiger partial charge < -0.3 is 9.84 Å². The number of esters is 1. The Morgan fingerprint density at radius 3 is 2.50 bits per heavy atom. The Morgan fingerprint density at radius 1 is 1.33 bits per heavy atom. The quantitative estimate of drug-likeness (QED) is 0.668. The highest BCUT2D eigenvalue weighted by atomic mass is 19.4. The van der Waals surface area contributed by atoms with Crippen LogP contribution in [0.25, 0.3) is 0 Å². The molecule has 5 nitrogen and oxygen atoms in total. The van der Waals surface area contributed by atoms with Gasteiger partial charge in [-0.05, 0) is 24.6 Å². The van der Waals surface area contributed by atoms with E-state index >= 15 is 0 Å². The molecule has 0 amide bonds. The maximum atomic E-state index is 13.0. The van der Waals surface area contributed by atoms with E-state index in [1.54, 1.807) is 0 Å². The number of ether oxygens (including phenoxy) is 1. The molecule has 9 heteroatoms. The fourth-order valence-corrected chi connectivity index (χ4v) is 2.05. The molecule has 1 aromatic heterocycles. The first-order valence-corrected chi connectivity index (χ1v) is 6.97. The molecular weight excluding hydrogens is 332 g/mol. The van der Waals surface area contributed by atoms with E-state index in [9.17, 15) is 27.5 Å². The molecule has 1 N–H and O–H groups in total. The van der Waals surface area contributed by atoms with Gasteiger partial charge in [0.1, 0.15) is 11.4 Å². The van der Waals surface area contributed by atoms with Crippen LogP contribution in [-0.4, -0.2) is 27.5 Å². The van der Waals surface area contributed by atoms with Crippen LogP contribution < -0.4 is 0 Å². The lowest BCUT2D eigenvalue weighted by atomic mass is 10.1. The van der Waals surface area contributed by atoms with Crippen molar-refractivity contribution < 1.29 is 32.2 Å². The lowest BCUT2D eigenvalue weighted by Crippen LogP contribution is -2.14. The summed E-state index contributed by atoms with van der Waals surface area (Å²) in [6.07, 6.45) is -5.19. The van der Waals surface area contributed by atoms with Crippen molar-refractivity contribution in [3.05, 3.63) is 53.1 Å². The van der Waals surface area contributed by atoms with Gasteiger partial charge in [-0.3, -0.25) is 4.68 Å². The standard InChI is InChI=1S/C15H14F4N2O3/c1-2-24-14(23)11-7-21(20-13(11)15(17,18)19)8-12(22)9-3-5-10(16)6-4-9/h3-7,12,22H,2,8H2,1H3. The summed E-state index contributed by atoms with van der Waals surface area (Å²) in [5.41, 5.74) is -1.80. The van der Waals surface area contributed by atoms with E-state index in [1.807, 2.05) is 0 Å². The molecule has 0 aliphatic heterocycles. The minimum atomic E-state index is -4.84. The molecule has 1 atom stereocenters. The summed E-state index contributed by atoms with van der Waals surface area (Å²) in [4.78, 5) is 11.6. The van der Waals surface area contributed by atoms with Crippen molar-refractivity contribution in [2.75, 3.05) is 6.61 Å². The predicted octanol–water partition coefficient (Wildman–Crippen LogP) is 2.95. The maximum absolute atomic E-state index is 13.0. The molecule has 0 radical (unpaired) electrons. The summed E-state index contributed by atoms with van der Waals surface area (Å²) in [6.45, 7) is 1.04. The van der Waals surface area contributed by atoms with Crippen LogP contribution in [0.1, 0.15) is 34.6 Å². The van der Waals surface area contributed by atoms with E-state index in [1.165, 1.54) is 19.1 Å². The number of hydrogen-bond acceptors (Lipinski definition) is 4.